The van der Waals surface area contributed by atoms with Crippen LogP contribution in [0.15, 0.2) is 27.6 Å². The predicted molar refractivity (Wildman–Crippen MR) is 76.7 cm³/mol. The Hall–Kier alpha value is -0.920. The summed E-state index contributed by atoms with van der Waals surface area (Å²) in [7, 11) is -3.69. The van der Waals surface area contributed by atoms with Gasteiger partial charge in [0.2, 0.25) is 0 Å². The molecule has 20 heavy (non-hydrogen) atoms. The average Bonchev–Trinajstić information content (AvgIpc) is 2.39. The number of benzene rings is 1. The lowest BCUT2D eigenvalue weighted by Crippen LogP contribution is -2.28. The Bertz CT molecular complexity index is 605. The number of hydrogen-bond acceptors (Lipinski definition) is 4. The van der Waals surface area contributed by atoms with Crippen molar-refractivity contribution in [1.82, 2.24) is 0 Å². The van der Waals surface area contributed by atoms with Crippen LogP contribution in [0.1, 0.15) is 29.6 Å². The molecule has 1 atom stereocenters. The maximum absolute atomic E-state index is 12.4. The van der Waals surface area contributed by atoms with Gasteiger partial charge in [0.25, 0.3) is 0 Å². The summed E-state index contributed by atoms with van der Waals surface area (Å²) in [5.41, 5.74) is -0.205. The topological polar surface area (TPSA) is 80.7 Å². The Morgan fingerprint density at radius 2 is 2.15 bits per heavy atom. The molecule has 1 N–H and O–H groups in total. The van der Waals surface area contributed by atoms with Gasteiger partial charge in [-0.1, -0.05) is 15.9 Å². The lowest BCUT2D eigenvalue weighted by atomic mass is 10.1. The first-order valence-corrected chi connectivity index (χ1v) is 8.72. The molecule has 0 saturated carbocycles. The van der Waals surface area contributed by atoms with Gasteiger partial charge in [-0.2, -0.15) is 0 Å². The third-order valence-electron chi connectivity index (χ3n) is 3.19. The maximum atomic E-state index is 12.4. The van der Waals surface area contributed by atoms with Crippen LogP contribution in [0.25, 0.3) is 0 Å². The van der Waals surface area contributed by atoms with Crippen LogP contribution in [0.2, 0.25) is 0 Å². The summed E-state index contributed by atoms with van der Waals surface area (Å²) in [6, 6.07) is 4.14. The summed E-state index contributed by atoms with van der Waals surface area (Å²) >= 11 is 3.17. The second-order valence-electron chi connectivity index (χ2n) is 4.72. The summed E-state index contributed by atoms with van der Waals surface area (Å²) in [6.45, 7) is 0.560. The van der Waals surface area contributed by atoms with Crippen molar-refractivity contribution in [2.75, 3.05) is 12.4 Å². The molecule has 0 spiro atoms. The van der Waals surface area contributed by atoms with E-state index in [0.717, 1.165) is 12.8 Å². The largest absolute Gasteiger partial charge is 0.478 e. The zero-order valence-corrected chi connectivity index (χ0v) is 13.1. The van der Waals surface area contributed by atoms with E-state index in [4.69, 9.17) is 9.84 Å². The molecule has 1 aliphatic rings. The van der Waals surface area contributed by atoms with E-state index in [1.807, 2.05) is 0 Å². The molecular weight excluding hydrogens is 348 g/mol. The van der Waals surface area contributed by atoms with Gasteiger partial charge in [-0.3, -0.25) is 0 Å². The minimum Gasteiger partial charge on any atom is -0.478 e. The van der Waals surface area contributed by atoms with Crippen LogP contribution in [0, 0.1) is 0 Å². The Balaban J connectivity index is 2.32. The zero-order valence-electron chi connectivity index (χ0n) is 10.7. The highest BCUT2D eigenvalue weighted by Crippen LogP contribution is 2.25. The quantitative estimate of drug-likeness (QED) is 0.889. The minimum absolute atomic E-state index is 0.159. The van der Waals surface area contributed by atoms with Crippen LogP contribution in [0.3, 0.4) is 0 Å². The zero-order chi connectivity index (χ0) is 14.8. The molecule has 1 aromatic carbocycles. The molecule has 5 nitrogen and oxygen atoms in total. The van der Waals surface area contributed by atoms with Crippen molar-refractivity contribution in [2.45, 2.75) is 30.3 Å². The van der Waals surface area contributed by atoms with Gasteiger partial charge in [-0.05, 0) is 37.5 Å². The van der Waals surface area contributed by atoms with E-state index < -0.39 is 15.8 Å². The normalized spacial score (nSPS) is 19.8. The first kappa shape index (κ1) is 15.5. The van der Waals surface area contributed by atoms with Crippen LogP contribution in [0.5, 0.6) is 0 Å². The van der Waals surface area contributed by atoms with Crippen molar-refractivity contribution in [2.24, 2.45) is 0 Å². The highest BCUT2D eigenvalue weighted by molar-refractivity contribution is 9.10. The Morgan fingerprint density at radius 1 is 1.40 bits per heavy atom. The summed E-state index contributed by atoms with van der Waals surface area (Å²) < 4.78 is 30.8. The number of carboxylic acid groups (broad SMARTS) is 1. The van der Waals surface area contributed by atoms with Crippen LogP contribution in [-0.2, 0) is 14.6 Å². The third kappa shape index (κ3) is 3.59. The Kier molecular flexibility index (Phi) is 4.82. The van der Waals surface area contributed by atoms with E-state index >= 15 is 0 Å². The second-order valence-corrected chi connectivity index (χ2v) is 7.63. The fourth-order valence-electron chi connectivity index (χ4n) is 2.20. The molecular formula is C13H15BrO5S. The van der Waals surface area contributed by atoms with Gasteiger partial charge in [0.1, 0.15) is 0 Å². The molecule has 2 rings (SSSR count). The van der Waals surface area contributed by atoms with Crippen LogP contribution in [0.4, 0.5) is 0 Å². The predicted octanol–water partition coefficient (Wildman–Crippen LogP) is 2.49. The number of carbonyl (C=O) groups is 1. The SMILES string of the molecule is O=C(O)c1ccc(Br)cc1S(=O)(=O)CC1CCCCO1. The second kappa shape index (κ2) is 6.24. The van der Waals surface area contributed by atoms with Crippen LogP contribution in [-0.4, -0.2) is 38.0 Å². The molecule has 0 aliphatic carbocycles. The number of carboxylic acids is 1. The molecule has 110 valence electrons. The summed E-state index contributed by atoms with van der Waals surface area (Å²) in [5.74, 6) is -1.43. The third-order valence-corrected chi connectivity index (χ3v) is 5.50. The highest BCUT2D eigenvalue weighted by Gasteiger charge is 2.27. The summed E-state index contributed by atoms with van der Waals surface area (Å²) in [6.07, 6.45) is 2.21. The monoisotopic (exact) mass is 362 g/mol. The van der Waals surface area contributed by atoms with E-state index in [2.05, 4.69) is 15.9 Å². The number of rotatable bonds is 4. The number of sulfone groups is 1. The van der Waals surface area contributed by atoms with E-state index in [0.29, 0.717) is 17.5 Å². The lowest BCUT2D eigenvalue weighted by Gasteiger charge is -2.22. The smallest absolute Gasteiger partial charge is 0.337 e. The van der Waals surface area contributed by atoms with Gasteiger partial charge >= 0.3 is 5.97 Å². The molecule has 1 fully saturated rings. The van der Waals surface area contributed by atoms with Gasteiger partial charge in [0.15, 0.2) is 9.84 Å². The van der Waals surface area contributed by atoms with Gasteiger partial charge in [0, 0.05) is 11.1 Å². The molecule has 0 radical (unpaired) electrons. The first-order chi connectivity index (χ1) is 9.40. The first-order valence-electron chi connectivity index (χ1n) is 6.27. The number of hydrogen-bond donors (Lipinski definition) is 1. The molecule has 1 aromatic rings. The average molecular weight is 363 g/mol. The van der Waals surface area contributed by atoms with E-state index in [1.165, 1.54) is 18.2 Å². The molecule has 0 aromatic heterocycles. The van der Waals surface area contributed by atoms with Gasteiger partial charge in [-0.25, -0.2) is 13.2 Å². The summed E-state index contributed by atoms with van der Waals surface area (Å²) in [4.78, 5) is 11.0. The molecule has 0 bridgehead atoms. The number of ether oxygens (including phenoxy) is 1. The van der Waals surface area contributed by atoms with Crippen molar-refractivity contribution in [3.8, 4) is 0 Å². The summed E-state index contributed by atoms with van der Waals surface area (Å²) in [5, 5.41) is 9.11. The van der Waals surface area contributed by atoms with Crippen molar-refractivity contribution in [1.29, 1.82) is 0 Å². The molecule has 1 saturated heterocycles. The molecule has 0 amide bonds. The fraction of sp³-hybridized carbons (Fsp3) is 0.462. The van der Waals surface area contributed by atoms with Crippen molar-refractivity contribution in [3.63, 3.8) is 0 Å². The molecule has 1 aliphatic heterocycles. The standard InChI is InChI=1S/C13H15BrO5S/c14-9-4-5-11(13(15)16)12(7-9)20(17,18)8-10-3-1-2-6-19-10/h4-5,7,10H,1-3,6,8H2,(H,15,16). The lowest BCUT2D eigenvalue weighted by molar-refractivity contribution is 0.0305. The van der Waals surface area contributed by atoms with E-state index in [-0.39, 0.29) is 22.3 Å². The van der Waals surface area contributed by atoms with Gasteiger partial charge in [0.05, 0.1) is 22.3 Å². The fourth-order valence-corrected chi connectivity index (χ4v) is 4.44. The number of halogens is 1. The Labute approximate surface area is 126 Å². The van der Waals surface area contributed by atoms with Gasteiger partial charge < -0.3 is 9.84 Å². The minimum atomic E-state index is -3.69. The van der Waals surface area contributed by atoms with Gasteiger partial charge in [-0.15, -0.1) is 0 Å². The van der Waals surface area contributed by atoms with Crippen molar-refractivity contribution in [3.05, 3.63) is 28.2 Å². The molecule has 7 heteroatoms. The highest BCUT2D eigenvalue weighted by atomic mass is 79.9. The van der Waals surface area contributed by atoms with Crippen LogP contribution >= 0.6 is 15.9 Å². The van der Waals surface area contributed by atoms with Crippen molar-refractivity contribution >= 4 is 31.7 Å². The van der Waals surface area contributed by atoms with Crippen molar-refractivity contribution < 1.29 is 23.1 Å². The molecule has 1 heterocycles. The Morgan fingerprint density at radius 3 is 2.75 bits per heavy atom. The van der Waals surface area contributed by atoms with E-state index in [9.17, 15) is 13.2 Å². The maximum Gasteiger partial charge on any atom is 0.337 e. The molecule has 1 unspecified atom stereocenters. The van der Waals surface area contributed by atoms with Crippen LogP contribution < -0.4 is 0 Å². The number of aromatic carboxylic acids is 1. The van der Waals surface area contributed by atoms with E-state index in [1.54, 1.807) is 0 Å².